The van der Waals surface area contributed by atoms with Crippen molar-refractivity contribution in [1.29, 1.82) is 0 Å². The van der Waals surface area contributed by atoms with E-state index < -0.39 is 23.7 Å². The number of rotatable bonds is 3. The molecule has 0 bridgehead atoms. The summed E-state index contributed by atoms with van der Waals surface area (Å²) >= 11 is 1.42. The van der Waals surface area contributed by atoms with Crippen LogP contribution in [0.2, 0.25) is 0 Å². The van der Waals surface area contributed by atoms with E-state index in [0.717, 1.165) is 6.07 Å². The molecule has 3 N–H and O–H groups in total. The Morgan fingerprint density at radius 1 is 1.48 bits per heavy atom. The lowest BCUT2D eigenvalue weighted by Crippen LogP contribution is -2.47. The summed E-state index contributed by atoms with van der Waals surface area (Å²) < 4.78 is 13.4. The van der Waals surface area contributed by atoms with Crippen molar-refractivity contribution in [3.8, 4) is 0 Å². The van der Waals surface area contributed by atoms with E-state index in [1.54, 1.807) is 0 Å². The molecule has 1 heterocycles. The number of thioether (sulfide) groups is 1. The second-order valence-electron chi connectivity index (χ2n) is 5.27. The molecular weight excluding hydrogens is 295 g/mol. The Morgan fingerprint density at radius 2 is 2.14 bits per heavy atom. The molecular formula is C14H17FN2O3S. The van der Waals surface area contributed by atoms with E-state index in [1.807, 2.05) is 13.8 Å². The first-order valence-corrected chi connectivity index (χ1v) is 7.60. The van der Waals surface area contributed by atoms with Crippen LogP contribution < -0.4 is 5.73 Å². The van der Waals surface area contributed by atoms with Crippen molar-refractivity contribution in [3.63, 3.8) is 0 Å². The van der Waals surface area contributed by atoms with Crippen LogP contribution in [0.1, 0.15) is 24.2 Å². The molecule has 114 valence electrons. The van der Waals surface area contributed by atoms with Gasteiger partial charge in [-0.1, -0.05) is 13.8 Å². The van der Waals surface area contributed by atoms with Gasteiger partial charge in [-0.05, 0) is 24.1 Å². The van der Waals surface area contributed by atoms with E-state index in [2.05, 4.69) is 0 Å². The van der Waals surface area contributed by atoms with Gasteiger partial charge in [0.25, 0.3) is 5.91 Å². The molecule has 1 amide bonds. The molecule has 5 nitrogen and oxygen atoms in total. The number of halogens is 1. The highest BCUT2D eigenvalue weighted by Crippen LogP contribution is 2.36. The molecule has 0 radical (unpaired) electrons. The van der Waals surface area contributed by atoms with Crippen LogP contribution in [0.3, 0.4) is 0 Å². The third-order valence-corrected chi connectivity index (χ3v) is 4.99. The number of nitrogens with two attached hydrogens (primary N) is 1. The third kappa shape index (κ3) is 2.97. The van der Waals surface area contributed by atoms with Crippen LogP contribution in [0.4, 0.5) is 10.1 Å². The van der Waals surface area contributed by atoms with Crippen LogP contribution in [0, 0.1) is 11.7 Å². The smallest absolute Gasteiger partial charge is 0.327 e. The fourth-order valence-electron chi connectivity index (χ4n) is 2.34. The summed E-state index contributed by atoms with van der Waals surface area (Å²) in [6.07, 6.45) is 0. The maximum absolute atomic E-state index is 13.4. The van der Waals surface area contributed by atoms with Gasteiger partial charge >= 0.3 is 5.97 Å². The predicted octanol–water partition coefficient (Wildman–Crippen LogP) is 2.03. The predicted molar refractivity (Wildman–Crippen MR) is 79.5 cm³/mol. The number of carboxylic acid groups (broad SMARTS) is 1. The minimum atomic E-state index is -1.06. The molecule has 2 rings (SSSR count). The lowest BCUT2D eigenvalue weighted by molar-refractivity contribution is -0.141. The first kappa shape index (κ1) is 15.6. The zero-order valence-corrected chi connectivity index (χ0v) is 12.6. The van der Waals surface area contributed by atoms with Crippen LogP contribution in [-0.4, -0.2) is 39.1 Å². The van der Waals surface area contributed by atoms with Gasteiger partial charge in [0.1, 0.15) is 11.9 Å². The maximum Gasteiger partial charge on any atom is 0.327 e. The van der Waals surface area contributed by atoms with Gasteiger partial charge in [0.2, 0.25) is 0 Å². The zero-order valence-electron chi connectivity index (χ0n) is 11.7. The van der Waals surface area contributed by atoms with E-state index in [4.69, 9.17) is 5.73 Å². The van der Waals surface area contributed by atoms with Crippen LogP contribution in [0.5, 0.6) is 0 Å². The maximum atomic E-state index is 13.4. The monoisotopic (exact) mass is 312 g/mol. The number of amides is 1. The van der Waals surface area contributed by atoms with Crippen molar-refractivity contribution < 1.29 is 19.1 Å². The number of anilines is 1. The quantitative estimate of drug-likeness (QED) is 0.834. The molecule has 1 saturated heterocycles. The highest BCUT2D eigenvalue weighted by atomic mass is 32.2. The minimum Gasteiger partial charge on any atom is -0.480 e. The molecule has 1 aliphatic rings. The molecule has 2 atom stereocenters. The highest BCUT2D eigenvalue weighted by molar-refractivity contribution is 8.00. The van der Waals surface area contributed by atoms with Crippen molar-refractivity contribution in [1.82, 2.24) is 4.90 Å². The van der Waals surface area contributed by atoms with Crippen LogP contribution >= 0.6 is 11.8 Å². The summed E-state index contributed by atoms with van der Waals surface area (Å²) in [5.74, 6) is -1.78. The standard InChI is InChI=1S/C14H17FN2O3S/c1-7(2)13-17(11(6-21-13)14(19)20)12(18)9-5-8(15)3-4-10(9)16/h3-5,7,11,13H,6,16H2,1-2H3,(H,19,20). The Hall–Kier alpha value is -1.76. The van der Waals surface area contributed by atoms with E-state index >= 15 is 0 Å². The summed E-state index contributed by atoms with van der Waals surface area (Å²) in [6, 6.07) is 2.61. The minimum absolute atomic E-state index is 0.00870. The van der Waals surface area contributed by atoms with Gasteiger partial charge in [0.15, 0.2) is 0 Å². The van der Waals surface area contributed by atoms with E-state index in [1.165, 1.54) is 28.8 Å². The number of hydrogen-bond acceptors (Lipinski definition) is 4. The summed E-state index contributed by atoms with van der Waals surface area (Å²) in [5.41, 5.74) is 5.88. The van der Waals surface area contributed by atoms with Crippen LogP contribution in [0.25, 0.3) is 0 Å². The lowest BCUT2D eigenvalue weighted by atomic mass is 10.1. The van der Waals surface area contributed by atoms with Crippen molar-refractivity contribution in [2.45, 2.75) is 25.3 Å². The van der Waals surface area contributed by atoms with Crippen LogP contribution in [0.15, 0.2) is 18.2 Å². The molecule has 0 aliphatic carbocycles. The lowest BCUT2D eigenvalue weighted by Gasteiger charge is -2.30. The number of nitrogens with zero attached hydrogens (tertiary/aromatic N) is 1. The third-order valence-electron chi connectivity index (χ3n) is 3.37. The fraction of sp³-hybridized carbons (Fsp3) is 0.429. The number of hydrogen-bond donors (Lipinski definition) is 2. The first-order valence-electron chi connectivity index (χ1n) is 6.55. The molecule has 0 spiro atoms. The molecule has 7 heteroatoms. The van der Waals surface area contributed by atoms with Gasteiger partial charge in [-0.3, -0.25) is 4.79 Å². The topological polar surface area (TPSA) is 83.6 Å². The van der Waals surface area contributed by atoms with Gasteiger partial charge < -0.3 is 15.7 Å². The Balaban J connectivity index is 2.41. The van der Waals surface area contributed by atoms with Crippen molar-refractivity contribution >= 4 is 29.3 Å². The second-order valence-corrected chi connectivity index (χ2v) is 6.42. The molecule has 0 saturated carbocycles. The Bertz CT molecular complexity index is 579. The number of carboxylic acids is 1. The van der Waals surface area contributed by atoms with Gasteiger partial charge in [0.05, 0.1) is 10.9 Å². The van der Waals surface area contributed by atoms with Gasteiger partial charge in [-0.15, -0.1) is 11.8 Å². The highest BCUT2D eigenvalue weighted by Gasteiger charge is 2.43. The SMILES string of the molecule is CC(C)C1SCC(C(=O)O)N1C(=O)c1cc(F)ccc1N. The average Bonchev–Trinajstić information content (AvgIpc) is 2.85. The van der Waals surface area contributed by atoms with E-state index in [-0.39, 0.29) is 22.5 Å². The largest absolute Gasteiger partial charge is 0.480 e. The number of aliphatic carboxylic acids is 1. The summed E-state index contributed by atoms with van der Waals surface area (Å²) in [7, 11) is 0. The summed E-state index contributed by atoms with van der Waals surface area (Å²) in [6.45, 7) is 3.83. The van der Waals surface area contributed by atoms with E-state index in [0.29, 0.717) is 5.75 Å². The number of nitrogen functional groups attached to an aromatic ring is 1. The fourth-order valence-corrected chi connectivity index (χ4v) is 3.81. The number of carbonyl (C=O) groups excluding carboxylic acids is 1. The van der Waals surface area contributed by atoms with Crippen molar-refractivity contribution in [2.75, 3.05) is 11.5 Å². The Morgan fingerprint density at radius 3 is 2.71 bits per heavy atom. The van der Waals surface area contributed by atoms with Crippen molar-refractivity contribution in [2.24, 2.45) is 5.92 Å². The van der Waals surface area contributed by atoms with Gasteiger partial charge in [-0.25, -0.2) is 9.18 Å². The molecule has 1 aromatic carbocycles. The number of benzene rings is 1. The molecule has 1 fully saturated rings. The summed E-state index contributed by atoms with van der Waals surface area (Å²) in [5, 5.41) is 9.03. The van der Waals surface area contributed by atoms with E-state index in [9.17, 15) is 19.1 Å². The Labute approximate surface area is 126 Å². The Kier molecular flexibility index (Phi) is 4.41. The molecule has 1 aliphatic heterocycles. The molecule has 2 unspecified atom stereocenters. The summed E-state index contributed by atoms with van der Waals surface area (Å²) in [4.78, 5) is 25.3. The van der Waals surface area contributed by atoms with Gasteiger partial charge in [-0.2, -0.15) is 0 Å². The van der Waals surface area contributed by atoms with Crippen LogP contribution in [-0.2, 0) is 4.79 Å². The second kappa shape index (κ2) is 5.93. The zero-order chi connectivity index (χ0) is 15.7. The average molecular weight is 312 g/mol. The molecule has 1 aromatic rings. The number of carbonyl (C=O) groups is 2. The van der Waals surface area contributed by atoms with Gasteiger partial charge in [0, 0.05) is 11.4 Å². The normalized spacial score (nSPS) is 21.8. The molecule has 21 heavy (non-hydrogen) atoms. The first-order chi connectivity index (χ1) is 9.82. The molecule has 0 aromatic heterocycles. The van der Waals surface area contributed by atoms with Crippen molar-refractivity contribution in [3.05, 3.63) is 29.6 Å².